The SMILES string of the molecule is CCOOC/C(=C\O)c1ccccn1. The molecule has 0 saturated carbocycles. The van der Waals surface area contributed by atoms with Gasteiger partial charge in [0.1, 0.15) is 6.61 Å². The Labute approximate surface area is 82.7 Å². The molecule has 1 rings (SSSR count). The Morgan fingerprint density at radius 2 is 2.36 bits per heavy atom. The van der Waals surface area contributed by atoms with Crippen molar-refractivity contribution < 1.29 is 14.9 Å². The molecule has 0 aliphatic carbocycles. The van der Waals surface area contributed by atoms with Crippen molar-refractivity contribution in [2.24, 2.45) is 0 Å². The molecular formula is C10H13NO3. The molecule has 14 heavy (non-hydrogen) atoms. The minimum atomic E-state index is 0.182. The number of hydrogen-bond donors (Lipinski definition) is 1. The summed E-state index contributed by atoms with van der Waals surface area (Å²) in [5.41, 5.74) is 1.26. The molecule has 0 unspecified atom stereocenters. The highest BCUT2D eigenvalue weighted by Crippen LogP contribution is 2.10. The van der Waals surface area contributed by atoms with E-state index in [1.54, 1.807) is 12.3 Å². The number of aliphatic hydroxyl groups excluding tert-OH is 1. The first-order chi connectivity index (χ1) is 6.88. The maximum absolute atomic E-state index is 8.94. The molecule has 1 aromatic heterocycles. The highest BCUT2D eigenvalue weighted by Gasteiger charge is 2.02. The van der Waals surface area contributed by atoms with E-state index in [2.05, 4.69) is 4.98 Å². The predicted molar refractivity (Wildman–Crippen MR) is 52.4 cm³/mol. The first-order valence-corrected chi connectivity index (χ1v) is 4.37. The lowest BCUT2D eigenvalue weighted by Crippen LogP contribution is -2.00. The third-order valence-corrected chi connectivity index (χ3v) is 1.57. The third kappa shape index (κ3) is 3.16. The fraction of sp³-hybridized carbons (Fsp3) is 0.300. The van der Waals surface area contributed by atoms with E-state index in [4.69, 9.17) is 14.9 Å². The number of aliphatic hydroxyl groups is 1. The van der Waals surface area contributed by atoms with Crippen LogP contribution in [-0.4, -0.2) is 23.3 Å². The van der Waals surface area contributed by atoms with Gasteiger partial charge in [0.15, 0.2) is 0 Å². The number of rotatable bonds is 5. The topological polar surface area (TPSA) is 51.6 Å². The molecule has 0 aliphatic rings. The first-order valence-electron chi connectivity index (χ1n) is 4.37. The Hall–Kier alpha value is -1.39. The Kier molecular flexibility index (Phi) is 4.68. The van der Waals surface area contributed by atoms with Crippen LogP contribution in [0, 0.1) is 0 Å². The number of pyridine rings is 1. The smallest absolute Gasteiger partial charge is 0.112 e. The van der Waals surface area contributed by atoms with Crippen LogP contribution in [0.1, 0.15) is 12.6 Å². The van der Waals surface area contributed by atoms with E-state index in [-0.39, 0.29) is 6.61 Å². The molecule has 1 heterocycles. The van der Waals surface area contributed by atoms with Crippen LogP contribution < -0.4 is 0 Å². The molecule has 4 nitrogen and oxygen atoms in total. The molecule has 0 fully saturated rings. The quantitative estimate of drug-likeness (QED) is 0.337. The average Bonchev–Trinajstić information content (AvgIpc) is 2.26. The van der Waals surface area contributed by atoms with Crippen LogP contribution in [0.3, 0.4) is 0 Å². The molecule has 0 amide bonds. The zero-order chi connectivity index (χ0) is 10.2. The van der Waals surface area contributed by atoms with Crippen LogP contribution in [0.5, 0.6) is 0 Å². The molecule has 0 spiro atoms. The zero-order valence-electron chi connectivity index (χ0n) is 8.01. The van der Waals surface area contributed by atoms with E-state index in [9.17, 15) is 0 Å². The van der Waals surface area contributed by atoms with Crippen molar-refractivity contribution in [2.75, 3.05) is 13.2 Å². The van der Waals surface area contributed by atoms with Gasteiger partial charge in [-0.3, -0.25) is 4.98 Å². The Bertz CT molecular complexity index is 285. The van der Waals surface area contributed by atoms with Crippen molar-refractivity contribution in [3.8, 4) is 0 Å². The second-order valence-corrected chi connectivity index (χ2v) is 2.54. The average molecular weight is 195 g/mol. The van der Waals surface area contributed by atoms with Crippen LogP contribution in [0.25, 0.3) is 5.57 Å². The van der Waals surface area contributed by atoms with Gasteiger partial charge in [-0.2, -0.15) is 0 Å². The maximum Gasteiger partial charge on any atom is 0.112 e. The molecule has 0 radical (unpaired) electrons. The van der Waals surface area contributed by atoms with E-state index >= 15 is 0 Å². The first kappa shape index (κ1) is 10.7. The highest BCUT2D eigenvalue weighted by molar-refractivity contribution is 5.61. The fourth-order valence-corrected chi connectivity index (χ4v) is 0.919. The minimum Gasteiger partial charge on any atom is -0.515 e. The Morgan fingerprint density at radius 1 is 1.50 bits per heavy atom. The summed E-state index contributed by atoms with van der Waals surface area (Å²) >= 11 is 0. The van der Waals surface area contributed by atoms with Gasteiger partial charge in [0.05, 0.1) is 18.6 Å². The second kappa shape index (κ2) is 6.12. The van der Waals surface area contributed by atoms with Crippen LogP contribution in [-0.2, 0) is 9.78 Å². The number of aromatic nitrogens is 1. The fourth-order valence-electron chi connectivity index (χ4n) is 0.919. The van der Waals surface area contributed by atoms with E-state index < -0.39 is 0 Å². The molecule has 1 aromatic rings. The third-order valence-electron chi connectivity index (χ3n) is 1.57. The predicted octanol–water partition coefficient (Wildman–Crippen LogP) is 1.95. The molecule has 4 heteroatoms. The molecule has 0 atom stereocenters. The normalized spacial score (nSPS) is 11.6. The lowest BCUT2D eigenvalue weighted by molar-refractivity contribution is -0.281. The van der Waals surface area contributed by atoms with E-state index in [0.717, 1.165) is 6.26 Å². The van der Waals surface area contributed by atoms with Crippen molar-refractivity contribution in [2.45, 2.75) is 6.92 Å². The lowest BCUT2D eigenvalue weighted by Gasteiger charge is -2.04. The van der Waals surface area contributed by atoms with E-state index in [1.807, 2.05) is 19.1 Å². The van der Waals surface area contributed by atoms with Crippen molar-refractivity contribution in [1.82, 2.24) is 4.98 Å². The van der Waals surface area contributed by atoms with Crippen molar-refractivity contribution in [1.29, 1.82) is 0 Å². The summed E-state index contributed by atoms with van der Waals surface area (Å²) in [4.78, 5) is 13.6. The van der Waals surface area contributed by atoms with Gasteiger partial charge in [-0.1, -0.05) is 6.07 Å². The molecule has 0 bridgehead atoms. The van der Waals surface area contributed by atoms with Gasteiger partial charge in [-0.05, 0) is 19.1 Å². The molecule has 0 aliphatic heterocycles. The monoisotopic (exact) mass is 195 g/mol. The zero-order valence-corrected chi connectivity index (χ0v) is 8.01. The summed E-state index contributed by atoms with van der Waals surface area (Å²) in [7, 11) is 0. The largest absolute Gasteiger partial charge is 0.515 e. The van der Waals surface area contributed by atoms with Gasteiger partial charge in [-0.25, -0.2) is 9.78 Å². The molecule has 0 aromatic carbocycles. The summed E-state index contributed by atoms with van der Waals surface area (Å²) in [6.07, 6.45) is 2.63. The number of hydrogen-bond acceptors (Lipinski definition) is 4. The molecular weight excluding hydrogens is 182 g/mol. The molecule has 0 saturated heterocycles. The summed E-state index contributed by atoms with van der Waals surface area (Å²) in [6, 6.07) is 5.44. The van der Waals surface area contributed by atoms with Gasteiger partial charge in [0, 0.05) is 11.8 Å². The van der Waals surface area contributed by atoms with Crippen molar-refractivity contribution >= 4 is 5.57 Å². The van der Waals surface area contributed by atoms with Crippen LogP contribution >= 0.6 is 0 Å². The van der Waals surface area contributed by atoms with Crippen LogP contribution in [0.15, 0.2) is 30.7 Å². The standard InChI is InChI=1S/C10H13NO3/c1-2-13-14-8-9(7-12)10-5-3-4-6-11-10/h3-7,12H,2,8H2,1H3/b9-7+. The van der Waals surface area contributed by atoms with Crippen molar-refractivity contribution in [3.05, 3.63) is 36.4 Å². The number of nitrogens with zero attached hydrogens (tertiary/aromatic N) is 1. The van der Waals surface area contributed by atoms with Gasteiger partial charge in [0.25, 0.3) is 0 Å². The Morgan fingerprint density at radius 3 is 2.93 bits per heavy atom. The summed E-state index contributed by atoms with van der Waals surface area (Å²) in [6.45, 7) is 2.48. The second-order valence-electron chi connectivity index (χ2n) is 2.54. The summed E-state index contributed by atoms with van der Waals surface area (Å²) < 4.78 is 0. The van der Waals surface area contributed by atoms with Gasteiger partial charge < -0.3 is 5.11 Å². The minimum absolute atomic E-state index is 0.182. The lowest BCUT2D eigenvalue weighted by atomic mass is 10.2. The van der Waals surface area contributed by atoms with Gasteiger partial charge >= 0.3 is 0 Å². The van der Waals surface area contributed by atoms with Gasteiger partial charge in [0.2, 0.25) is 0 Å². The highest BCUT2D eigenvalue weighted by atomic mass is 17.2. The van der Waals surface area contributed by atoms with Crippen molar-refractivity contribution in [3.63, 3.8) is 0 Å². The van der Waals surface area contributed by atoms with Crippen LogP contribution in [0.4, 0.5) is 0 Å². The van der Waals surface area contributed by atoms with Gasteiger partial charge in [-0.15, -0.1) is 0 Å². The summed E-state index contributed by atoms with van der Waals surface area (Å²) in [5, 5.41) is 8.94. The molecule has 1 N–H and O–H groups in total. The summed E-state index contributed by atoms with van der Waals surface area (Å²) in [5.74, 6) is 0. The van der Waals surface area contributed by atoms with E-state index in [1.165, 1.54) is 0 Å². The van der Waals surface area contributed by atoms with Crippen LogP contribution in [0.2, 0.25) is 0 Å². The van der Waals surface area contributed by atoms with E-state index in [0.29, 0.717) is 17.9 Å². The maximum atomic E-state index is 8.94. The Balaban J connectivity index is 2.56. The molecule has 76 valence electrons.